The molecule has 2 rings (SSSR count). The number of hydrogen-bond donors (Lipinski definition) is 1. The highest BCUT2D eigenvalue weighted by Gasteiger charge is 2.13. The lowest BCUT2D eigenvalue weighted by atomic mass is 9.87. The molecule has 6 heteroatoms. The summed E-state index contributed by atoms with van der Waals surface area (Å²) in [6.45, 7) is 6.46. The van der Waals surface area contributed by atoms with Crippen LogP contribution in [0.15, 0.2) is 54.6 Å². The summed E-state index contributed by atoms with van der Waals surface area (Å²) in [6, 6.07) is 14.8. The van der Waals surface area contributed by atoms with E-state index in [1.54, 1.807) is 30.3 Å². The van der Waals surface area contributed by atoms with E-state index < -0.39 is 10.0 Å². The molecule has 0 unspecified atom stereocenters. The molecule has 0 saturated carbocycles. The fourth-order valence-corrected chi connectivity index (χ4v) is 2.92. The molecule has 0 bridgehead atoms. The molecule has 1 N–H and O–H groups in total. The zero-order chi connectivity index (χ0) is 20.2. The number of rotatable bonds is 5. The fourth-order valence-electron chi connectivity index (χ4n) is 2.42. The van der Waals surface area contributed by atoms with E-state index in [4.69, 9.17) is 0 Å². The lowest BCUT2D eigenvalue weighted by molar-refractivity contribution is -0.111. The second-order valence-corrected chi connectivity index (χ2v) is 9.49. The Morgan fingerprint density at radius 2 is 1.70 bits per heavy atom. The van der Waals surface area contributed by atoms with Crippen LogP contribution in [0.3, 0.4) is 0 Å². The van der Waals surface area contributed by atoms with Crippen LogP contribution in [0.5, 0.6) is 0 Å². The van der Waals surface area contributed by atoms with Gasteiger partial charge in [-0.1, -0.05) is 51.1 Å². The average molecular weight is 387 g/mol. The van der Waals surface area contributed by atoms with Gasteiger partial charge in [-0.05, 0) is 40.8 Å². The lowest BCUT2D eigenvalue weighted by Gasteiger charge is -2.18. The van der Waals surface area contributed by atoms with Gasteiger partial charge >= 0.3 is 0 Å². The monoisotopic (exact) mass is 386 g/mol. The standard InChI is InChI=1S/C21H26N2O3S/c1-21(2,3)17-12-9-16(10-13-17)11-14-20(24)22-18-7-6-8-19(15-18)23(4)27(5,25)26/h6-15H,1-5H3,(H,22,24). The van der Waals surface area contributed by atoms with E-state index >= 15 is 0 Å². The summed E-state index contributed by atoms with van der Waals surface area (Å²) in [5.74, 6) is -0.283. The summed E-state index contributed by atoms with van der Waals surface area (Å²) < 4.78 is 24.4. The number of hydrogen-bond acceptors (Lipinski definition) is 3. The summed E-state index contributed by atoms with van der Waals surface area (Å²) >= 11 is 0. The largest absolute Gasteiger partial charge is 0.322 e. The molecular formula is C21H26N2O3S. The number of sulfonamides is 1. The topological polar surface area (TPSA) is 66.5 Å². The lowest BCUT2D eigenvalue weighted by Crippen LogP contribution is -2.24. The third-order valence-corrected chi connectivity index (χ3v) is 5.38. The van der Waals surface area contributed by atoms with Crippen molar-refractivity contribution in [2.45, 2.75) is 26.2 Å². The summed E-state index contributed by atoms with van der Waals surface area (Å²) in [7, 11) is -1.89. The van der Waals surface area contributed by atoms with Crippen LogP contribution in [0.1, 0.15) is 31.9 Å². The van der Waals surface area contributed by atoms with E-state index in [0.29, 0.717) is 11.4 Å². The van der Waals surface area contributed by atoms with Crippen molar-refractivity contribution in [1.82, 2.24) is 0 Å². The van der Waals surface area contributed by atoms with Crippen molar-refractivity contribution in [3.8, 4) is 0 Å². The van der Waals surface area contributed by atoms with E-state index in [0.717, 1.165) is 16.1 Å². The molecule has 27 heavy (non-hydrogen) atoms. The predicted octanol–water partition coefficient (Wildman–Crippen LogP) is 4.03. The Hall–Kier alpha value is -2.60. The van der Waals surface area contributed by atoms with Crippen LogP contribution in [-0.4, -0.2) is 27.6 Å². The molecule has 0 spiro atoms. The molecule has 0 atom stereocenters. The third-order valence-electron chi connectivity index (χ3n) is 4.18. The first kappa shape index (κ1) is 20.7. The van der Waals surface area contributed by atoms with Crippen LogP contribution < -0.4 is 9.62 Å². The maximum Gasteiger partial charge on any atom is 0.248 e. The average Bonchev–Trinajstić information content (AvgIpc) is 2.58. The summed E-state index contributed by atoms with van der Waals surface area (Å²) in [5, 5.41) is 2.75. The first-order valence-electron chi connectivity index (χ1n) is 8.60. The van der Waals surface area contributed by atoms with Crippen molar-refractivity contribution < 1.29 is 13.2 Å². The normalized spacial score (nSPS) is 12.2. The minimum Gasteiger partial charge on any atom is -0.322 e. The summed E-state index contributed by atoms with van der Waals surface area (Å²) in [6.07, 6.45) is 4.33. The molecule has 0 aromatic heterocycles. The SMILES string of the molecule is CN(c1cccc(NC(=O)C=Cc2ccc(C(C)(C)C)cc2)c1)S(C)(=O)=O. The Bertz CT molecular complexity index is 940. The Balaban J connectivity index is 2.06. The molecule has 144 valence electrons. The van der Waals surface area contributed by atoms with Crippen molar-refractivity contribution in [2.75, 3.05) is 22.9 Å². The second-order valence-electron chi connectivity index (χ2n) is 7.48. The van der Waals surface area contributed by atoms with E-state index in [1.807, 2.05) is 12.1 Å². The summed E-state index contributed by atoms with van der Waals surface area (Å²) in [4.78, 5) is 12.2. The zero-order valence-corrected chi connectivity index (χ0v) is 17.2. The van der Waals surface area contributed by atoms with Crippen molar-refractivity contribution in [3.05, 3.63) is 65.7 Å². The highest BCUT2D eigenvalue weighted by molar-refractivity contribution is 7.92. The van der Waals surface area contributed by atoms with Gasteiger partial charge in [0.05, 0.1) is 11.9 Å². The van der Waals surface area contributed by atoms with Crippen molar-refractivity contribution >= 4 is 33.4 Å². The Morgan fingerprint density at radius 3 is 2.26 bits per heavy atom. The maximum atomic E-state index is 12.2. The number of carbonyl (C=O) groups excluding carboxylic acids is 1. The number of benzene rings is 2. The molecule has 2 aromatic rings. The Morgan fingerprint density at radius 1 is 1.07 bits per heavy atom. The molecule has 0 fully saturated rings. The van der Waals surface area contributed by atoms with Gasteiger partial charge in [-0.2, -0.15) is 0 Å². The van der Waals surface area contributed by atoms with Gasteiger partial charge in [-0.15, -0.1) is 0 Å². The van der Waals surface area contributed by atoms with Crippen molar-refractivity contribution in [2.24, 2.45) is 0 Å². The number of amides is 1. The molecule has 5 nitrogen and oxygen atoms in total. The van der Waals surface area contributed by atoms with Crippen LogP contribution in [0.2, 0.25) is 0 Å². The third kappa shape index (κ3) is 5.96. The van der Waals surface area contributed by atoms with Gasteiger partial charge in [0.25, 0.3) is 0 Å². The van der Waals surface area contributed by atoms with Gasteiger partial charge < -0.3 is 5.32 Å². The molecule has 0 radical (unpaired) electrons. The number of anilines is 2. The minimum absolute atomic E-state index is 0.0871. The quantitative estimate of drug-likeness (QED) is 0.789. The zero-order valence-electron chi connectivity index (χ0n) is 16.4. The number of carbonyl (C=O) groups is 1. The molecule has 0 heterocycles. The van der Waals surface area contributed by atoms with Crippen LogP contribution in [0.4, 0.5) is 11.4 Å². The number of nitrogens with zero attached hydrogens (tertiary/aromatic N) is 1. The van der Waals surface area contributed by atoms with E-state index in [9.17, 15) is 13.2 Å². The van der Waals surface area contributed by atoms with E-state index in [-0.39, 0.29) is 11.3 Å². The van der Waals surface area contributed by atoms with Crippen LogP contribution in [0, 0.1) is 0 Å². The van der Waals surface area contributed by atoms with Crippen LogP contribution in [-0.2, 0) is 20.2 Å². The fraction of sp³-hybridized carbons (Fsp3) is 0.286. The van der Waals surface area contributed by atoms with E-state index in [1.165, 1.54) is 18.7 Å². The molecule has 0 aliphatic rings. The predicted molar refractivity (Wildman–Crippen MR) is 112 cm³/mol. The molecular weight excluding hydrogens is 360 g/mol. The molecule has 0 aliphatic heterocycles. The van der Waals surface area contributed by atoms with Crippen molar-refractivity contribution in [1.29, 1.82) is 0 Å². The highest BCUT2D eigenvalue weighted by atomic mass is 32.2. The first-order chi connectivity index (χ1) is 12.5. The smallest absolute Gasteiger partial charge is 0.248 e. The van der Waals surface area contributed by atoms with Gasteiger partial charge in [0.2, 0.25) is 15.9 Å². The van der Waals surface area contributed by atoms with Gasteiger partial charge in [-0.3, -0.25) is 9.10 Å². The van der Waals surface area contributed by atoms with Gasteiger partial charge in [0, 0.05) is 18.8 Å². The molecule has 1 amide bonds. The second kappa shape index (κ2) is 7.96. The Kier molecular flexibility index (Phi) is 6.11. The first-order valence-corrected chi connectivity index (χ1v) is 10.5. The van der Waals surface area contributed by atoms with E-state index in [2.05, 4.69) is 38.2 Å². The maximum absolute atomic E-state index is 12.2. The molecule has 0 saturated heterocycles. The number of nitrogens with one attached hydrogen (secondary N) is 1. The van der Waals surface area contributed by atoms with Gasteiger partial charge in [-0.25, -0.2) is 8.42 Å². The van der Waals surface area contributed by atoms with Crippen LogP contribution >= 0.6 is 0 Å². The highest BCUT2D eigenvalue weighted by Crippen LogP contribution is 2.23. The van der Waals surface area contributed by atoms with Gasteiger partial charge in [0.15, 0.2) is 0 Å². The minimum atomic E-state index is -3.35. The van der Waals surface area contributed by atoms with Gasteiger partial charge in [0.1, 0.15) is 0 Å². The van der Waals surface area contributed by atoms with Crippen molar-refractivity contribution in [3.63, 3.8) is 0 Å². The summed E-state index contributed by atoms with van der Waals surface area (Å²) in [5.41, 5.74) is 3.27. The Labute approximate surface area is 161 Å². The molecule has 0 aliphatic carbocycles. The van der Waals surface area contributed by atoms with Crippen LogP contribution in [0.25, 0.3) is 6.08 Å². The molecule has 2 aromatic carbocycles.